The predicted molar refractivity (Wildman–Crippen MR) is 83.3 cm³/mol. The van der Waals surface area contributed by atoms with Gasteiger partial charge in [-0.05, 0) is 37.5 Å². The number of amides is 1. The molecule has 1 rings (SSSR count). The molecule has 1 atom stereocenters. The Bertz CT molecular complexity index is 483. The molecule has 0 unspecified atom stereocenters. The third kappa shape index (κ3) is 5.76. The van der Waals surface area contributed by atoms with E-state index in [4.69, 9.17) is 16.3 Å². The van der Waals surface area contributed by atoms with Crippen molar-refractivity contribution in [1.29, 1.82) is 0 Å². The van der Waals surface area contributed by atoms with Gasteiger partial charge in [0, 0.05) is 11.1 Å². The molecule has 1 N–H and O–H groups in total. The number of carbonyl (C=O) groups excluding carboxylic acids is 2. The zero-order valence-corrected chi connectivity index (χ0v) is 13.6. The summed E-state index contributed by atoms with van der Waals surface area (Å²) >= 11 is 5.86. The first-order chi connectivity index (χ1) is 9.81. The number of ether oxygens (including phenoxy) is 1. The maximum absolute atomic E-state index is 12.2. The third-order valence-electron chi connectivity index (χ3n) is 2.94. The molecule has 0 aliphatic carbocycles. The summed E-state index contributed by atoms with van der Waals surface area (Å²) in [6.07, 6.45) is 0. The number of benzene rings is 1. The highest BCUT2D eigenvalue weighted by molar-refractivity contribution is 6.30. The van der Waals surface area contributed by atoms with Crippen LogP contribution < -0.4 is 5.32 Å². The van der Waals surface area contributed by atoms with Crippen LogP contribution in [0, 0.1) is 5.92 Å². The molecule has 0 radical (unpaired) electrons. The summed E-state index contributed by atoms with van der Waals surface area (Å²) in [5.74, 6) is -1.04. The molecule has 0 bridgehead atoms. The lowest BCUT2D eigenvalue weighted by Gasteiger charge is -2.20. The van der Waals surface area contributed by atoms with E-state index in [0.29, 0.717) is 5.02 Å². The van der Waals surface area contributed by atoms with Crippen LogP contribution in [0.3, 0.4) is 0 Å². The Hall–Kier alpha value is -1.55. The van der Waals surface area contributed by atoms with Gasteiger partial charge in [0.25, 0.3) is 5.91 Å². The third-order valence-corrected chi connectivity index (χ3v) is 3.20. The lowest BCUT2D eigenvalue weighted by molar-refractivity contribution is -0.151. The van der Waals surface area contributed by atoms with Crippen molar-refractivity contribution in [3.05, 3.63) is 34.9 Å². The molecule has 0 aromatic heterocycles. The Balaban J connectivity index is 2.70. The number of carbonyl (C=O) groups is 2. The van der Waals surface area contributed by atoms with Gasteiger partial charge in [0.05, 0.1) is 5.92 Å². The van der Waals surface area contributed by atoms with Crippen LogP contribution in [0.4, 0.5) is 0 Å². The highest BCUT2D eigenvalue weighted by atomic mass is 35.5. The molecule has 1 aromatic carbocycles. The maximum Gasteiger partial charge on any atom is 0.314 e. The van der Waals surface area contributed by atoms with Crippen LogP contribution in [0.5, 0.6) is 0 Å². The van der Waals surface area contributed by atoms with E-state index in [0.717, 1.165) is 5.56 Å². The van der Waals surface area contributed by atoms with Gasteiger partial charge < -0.3 is 10.1 Å². The summed E-state index contributed by atoms with van der Waals surface area (Å²) in [7, 11) is 0. The van der Waals surface area contributed by atoms with Crippen LogP contribution in [-0.2, 0) is 14.3 Å². The van der Waals surface area contributed by atoms with Crippen molar-refractivity contribution in [3.63, 3.8) is 0 Å². The van der Waals surface area contributed by atoms with Crippen molar-refractivity contribution in [1.82, 2.24) is 5.32 Å². The Labute approximate surface area is 130 Å². The molecule has 0 saturated heterocycles. The van der Waals surface area contributed by atoms with Crippen LogP contribution in [0.25, 0.3) is 0 Å². The molecule has 5 heteroatoms. The van der Waals surface area contributed by atoms with Crippen molar-refractivity contribution in [2.75, 3.05) is 6.61 Å². The second kappa shape index (κ2) is 8.03. The monoisotopic (exact) mass is 311 g/mol. The van der Waals surface area contributed by atoms with Crippen molar-refractivity contribution in [2.45, 2.75) is 39.7 Å². The minimum atomic E-state index is -0.408. The molecule has 0 aliphatic heterocycles. The summed E-state index contributed by atoms with van der Waals surface area (Å²) < 4.78 is 5.13. The van der Waals surface area contributed by atoms with Gasteiger partial charge in [-0.15, -0.1) is 0 Å². The average Bonchev–Trinajstić information content (AvgIpc) is 2.38. The normalized spacial score (nSPS) is 12.3. The van der Waals surface area contributed by atoms with E-state index in [2.05, 4.69) is 5.32 Å². The minimum absolute atomic E-state index is 0.0216. The van der Waals surface area contributed by atoms with E-state index in [1.807, 2.05) is 39.8 Å². The standard InChI is InChI=1S/C16H22ClNO3/c1-10(2)15(12-5-7-13(17)8-6-12)16(20)21-9-14(19)18-11(3)4/h5-8,10-11,15H,9H2,1-4H3,(H,18,19)/t15-/m0/s1. The second-order valence-corrected chi connectivity index (χ2v) is 6.04. The fraction of sp³-hybridized carbons (Fsp3) is 0.500. The zero-order valence-electron chi connectivity index (χ0n) is 12.9. The zero-order chi connectivity index (χ0) is 16.0. The Morgan fingerprint density at radius 3 is 2.19 bits per heavy atom. The smallest absolute Gasteiger partial charge is 0.314 e. The number of nitrogens with one attached hydrogen (secondary N) is 1. The number of halogens is 1. The molecule has 0 aliphatic rings. The number of hydrogen-bond acceptors (Lipinski definition) is 3. The summed E-state index contributed by atoms with van der Waals surface area (Å²) in [5.41, 5.74) is 0.837. The number of hydrogen-bond donors (Lipinski definition) is 1. The van der Waals surface area contributed by atoms with Gasteiger partial charge in [0.2, 0.25) is 0 Å². The van der Waals surface area contributed by atoms with Crippen molar-refractivity contribution >= 4 is 23.5 Å². The Morgan fingerprint density at radius 1 is 1.14 bits per heavy atom. The van der Waals surface area contributed by atoms with Crippen LogP contribution >= 0.6 is 11.6 Å². The summed E-state index contributed by atoms with van der Waals surface area (Å²) in [6.45, 7) is 7.33. The topological polar surface area (TPSA) is 55.4 Å². The van der Waals surface area contributed by atoms with Crippen LogP contribution in [0.2, 0.25) is 5.02 Å². The van der Waals surface area contributed by atoms with Crippen molar-refractivity contribution in [2.24, 2.45) is 5.92 Å². The Kier molecular flexibility index (Phi) is 6.69. The largest absolute Gasteiger partial charge is 0.455 e. The number of rotatable bonds is 6. The second-order valence-electron chi connectivity index (χ2n) is 5.60. The van der Waals surface area contributed by atoms with Gasteiger partial charge in [-0.2, -0.15) is 0 Å². The molecule has 21 heavy (non-hydrogen) atoms. The predicted octanol–water partition coefficient (Wildman–Crippen LogP) is 3.15. The van der Waals surface area contributed by atoms with E-state index >= 15 is 0 Å². The van der Waals surface area contributed by atoms with Gasteiger partial charge in [-0.25, -0.2) is 0 Å². The molecule has 1 amide bonds. The van der Waals surface area contributed by atoms with Crippen LogP contribution in [0.1, 0.15) is 39.2 Å². The summed E-state index contributed by atoms with van der Waals surface area (Å²) in [6, 6.07) is 7.12. The van der Waals surface area contributed by atoms with Gasteiger partial charge in [-0.3, -0.25) is 9.59 Å². The fourth-order valence-corrected chi connectivity index (χ4v) is 2.18. The Morgan fingerprint density at radius 2 is 1.71 bits per heavy atom. The fourth-order valence-electron chi connectivity index (χ4n) is 2.05. The van der Waals surface area contributed by atoms with Crippen LogP contribution in [0.15, 0.2) is 24.3 Å². The lowest BCUT2D eigenvalue weighted by Crippen LogP contribution is -2.35. The molecule has 1 aromatic rings. The first-order valence-corrected chi connectivity index (χ1v) is 7.40. The van der Waals surface area contributed by atoms with E-state index in [1.54, 1.807) is 12.1 Å². The maximum atomic E-state index is 12.2. The van der Waals surface area contributed by atoms with E-state index in [1.165, 1.54) is 0 Å². The minimum Gasteiger partial charge on any atom is -0.455 e. The first-order valence-electron chi connectivity index (χ1n) is 7.02. The SMILES string of the molecule is CC(C)NC(=O)COC(=O)[C@H](c1ccc(Cl)cc1)C(C)C. The van der Waals surface area contributed by atoms with E-state index < -0.39 is 11.9 Å². The van der Waals surface area contributed by atoms with Crippen molar-refractivity contribution < 1.29 is 14.3 Å². The molecule has 0 fully saturated rings. The lowest BCUT2D eigenvalue weighted by atomic mass is 9.88. The molecule has 116 valence electrons. The van der Waals surface area contributed by atoms with Gasteiger partial charge in [-0.1, -0.05) is 37.6 Å². The van der Waals surface area contributed by atoms with Crippen LogP contribution in [-0.4, -0.2) is 24.5 Å². The summed E-state index contributed by atoms with van der Waals surface area (Å²) in [4.78, 5) is 23.8. The molecule has 0 saturated carbocycles. The highest BCUT2D eigenvalue weighted by Gasteiger charge is 2.26. The van der Waals surface area contributed by atoms with E-state index in [-0.39, 0.29) is 24.5 Å². The quantitative estimate of drug-likeness (QED) is 0.821. The average molecular weight is 312 g/mol. The molecule has 0 spiro atoms. The molecule has 0 heterocycles. The molecule has 4 nitrogen and oxygen atoms in total. The van der Waals surface area contributed by atoms with Gasteiger partial charge in [0.1, 0.15) is 0 Å². The van der Waals surface area contributed by atoms with Crippen molar-refractivity contribution in [3.8, 4) is 0 Å². The summed E-state index contributed by atoms with van der Waals surface area (Å²) in [5, 5.41) is 3.30. The van der Waals surface area contributed by atoms with Gasteiger partial charge >= 0.3 is 5.97 Å². The highest BCUT2D eigenvalue weighted by Crippen LogP contribution is 2.27. The first kappa shape index (κ1) is 17.5. The van der Waals surface area contributed by atoms with E-state index in [9.17, 15) is 9.59 Å². The molecular formula is C16H22ClNO3. The van der Waals surface area contributed by atoms with Gasteiger partial charge in [0.15, 0.2) is 6.61 Å². The molecular weight excluding hydrogens is 290 g/mol. The number of esters is 1.